The summed E-state index contributed by atoms with van der Waals surface area (Å²) in [4.78, 5) is 26.6. The summed E-state index contributed by atoms with van der Waals surface area (Å²) < 4.78 is 6.86. The van der Waals surface area contributed by atoms with Crippen molar-refractivity contribution in [3.63, 3.8) is 0 Å². The molecule has 0 fully saturated rings. The maximum atomic E-state index is 13.4. The predicted octanol–water partition coefficient (Wildman–Crippen LogP) is 3.23. The van der Waals surface area contributed by atoms with Gasteiger partial charge in [-0.3, -0.25) is 9.59 Å². The highest BCUT2D eigenvalue weighted by Gasteiger charge is 2.29. The Morgan fingerprint density at radius 1 is 0.800 bits per heavy atom. The van der Waals surface area contributed by atoms with Crippen molar-refractivity contribution >= 4 is 11.8 Å². The minimum atomic E-state index is -0.550. The van der Waals surface area contributed by atoms with Crippen LogP contribution in [0.1, 0.15) is 34.4 Å². The van der Waals surface area contributed by atoms with Gasteiger partial charge in [-0.15, -0.1) is 5.10 Å². The predicted molar refractivity (Wildman–Crippen MR) is 109 cm³/mol. The normalized spacial score (nSPS) is 10.8. The number of carbonyl (C=O) groups is 2. The number of hydrogen-bond donors (Lipinski definition) is 0. The molecule has 0 atom stereocenters. The molecule has 0 saturated carbocycles. The van der Waals surface area contributed by atoms with Gasteiger partial charge >= 0.3 is 5.97 Å². The lowest BCUT2D eigenvalue weighted by molar-refractivity contribution is -0.132. The number of ether oxygens (including phenoxy) is 1. The van der Waals surface area contributed by atoms with Crippen molar-refractivity contribution in [1.29, 1.82) is 0 Å². The Morgan fingerprint density at radius 2 is 1.40 bits per heavy atom. The first-order valence-corrected chi connectivity index (χ1v) is 9.33. The molecule has 2 heterocycles. The molecule has 0 spiro atoms. The maximum Gasteiger partial charge on any atom is 0.309 e. The Kier molecular flexibility index (Phi) is 4.97. The number of hydrogen-bond acceptors (Lipinski definition) is 6. The Bertz CT molecular complexity index is 1230. The summed E-state index contributed by atoms with van der Waals surface area (Å²) in [5, 5.41) is 13.2. The summed E-state index contributed by atoms with van der Waals surface area (Å²) in [6.07, 6.45) is 0. The number of esters is 1. The van der Waals surface area contributed by atoms with E-state index in [1.54, 1.807) is 13.8 Å². The third kappa shape index (κ3) is 3.50. The van der Waals surface area contributed by atoms with Crippen molar-refractivity contribution in [3.8, 4) is 17.3 Å². The fraction of sp³-hybridized carbons (Fsp3) is 0.136. The number of aromatic nitrogens is 5. The average Bonchev–Trinajstić information content (AvgIpc) is 3.28. The van der Waals surface area contributed by atoms with Gasteiger partial charge in [0.2, 0.25) is 11.7 Å². The Hall–Kier alpha value is -4.07. The second kappa shape index (κ2) is 7.75. The highest BCUT2D eigenvalue weighted by molar-refractivity contribution is 6.11. The molecule has 8 nitrogen and oxygen atoms in total. The zero-order valence-corrected chi connectivity index (χ0v) is 16.7. The van der Waals surface area contributed by atoms with Crippen LogP contribution < -0.4 is 4.74 Å². The monoisotopic (exact) mass is 401 g/mol. The van der Waals surface area contributed by atoms with Crippen LogP contribution in [0.2, 0.25) is 0 Å². The molecule has 0 saturated heterocycles. The van der Waals surface area contributed by atoms with Crippen LogP contribution in [0.15, 0.2) is 60.7 Å². The molecule has 0 bridgehead atoms. The second-order valence-corrected chi connectivity index (χ2v) is 6.69. The zero-order valence-electron chi connectivity index (χ0n) is 16.7. The lowest BCUT2D eigenvalue weighted by Crippen LogP contribution is -2.12. The number of nitrogens with zero attached hydrogens (tertiary/aromatic N) is 5. The zero-order chi connectivity index (χ0) is 21.3. The number of aryl methyl sites for hydroxylation is 2. The lowest BCUT2D eigenvalue weighted by Gasteiger charge is -2.08. The molecule has 0 unspecified atom stereocenters. The lowest BCUT2D eigenvalue weighted by atomic mass is 10.1. The van der Waals surface area contributed by atoms with Gasteiger partial charge in [0.1, 0.15) is 5.56 Å². The molecule has 4 aromatic rings. The number of carbonyl (C=O) groups excluding carboxylic acids is 2. The second-order valence-electron chi connectivity index (χ2n) is 6.69. The van der Waals surface area contributed by atoms with Crippen LogP contribution in [0.3, 0.4) is 0 Å². The van der Waals surface area contributed by atoms with Crippen molar-refractivity contribution in [2.24, 2.45) is 0 Å². The number of para-hydroxylation sites is 2. The molecule has 0 N–H and O–H groups in total. The van der Waals surface area contributed by atoms with Crippen LogP contribution in [0.4, 0.5) is 0 Å². The summed E-state index contributed by atoms with van der Waals surface area (Å²) in [5.41, 5.74) is 2.63. The molecular formula is C22H19N5O3. The largest absolute Gasteiger partial charge is 0.407 e. The molecule has 2 aromatic carbocycles. The smallest absolute Gasteiger partial charge is 0.309 e. The van der Waals surface area contributed by atoms with Gasteiger partial charge in [0, 0.05) is 6.92 Å². The van der Waals surface area contributed by atoms with E-state index in [1.807, 2.05) is 60.7 Å². The fourth-order valence-corrected chi connectivity index (χ4v) is 3.13. The minimum absolute atomic E-state index is 0.0601. The van der Waals surface area contributed by atoms with Gasteiger partial charge in [0.05, 0.1) is 22.8 Å². The molecule has 2 aromatic heterocycles. The molecule has 0 radical (unpaired) electrons. The first-order chi connectivity index (χ1) is 14.5. The topological polar surface area (TPSA) is 91.9 Å². The van der Waals surface area contributed by atoms with E-state index in [-0.39, 0.29) is 17.1 Å². The minimum Gasteiger partial charge on any atom is -0.407 e. The van der Waals surface area contributed by atoms with E-state index >= 15 is 0 Å². The first kappa shape index (κ1) is 19.3. The van der Waals surface area contributed by atoms with Gasteiger partial charge in [0.25, 0.3) is 0 Å². The summed E-state index contributed by atoms with van der Waals surface area (Å²) in [6, 6.07) is 18.5. The summed E-state index contributed by atoms with van der Waals surface area (Å²) >= 11 is 0. The average molecular weight is 401 g/mol. The standard InChI is InChI=1S/C22H19N5O3/c1-14-19(22(30-16(3)28)26(23-14)17-10-6-4-7-11-17)21(29)20-15(2)24-27(25-20)18-12-8-5-9-13-18/h4-13H,1-3H3. The van der Waals surface area contributed by atoms with Crippen LogP contribution >= 0.6 is 0 Å². The number of rotatable bonds is 5. The summed E-state index contributed by atoms with van der Waals surface area (Å²) in [7, 11) is 0. The highest BCUT2D eigenvalue weighted by Crippen LogP contribution is 2.29. The van der Waals surface area contributed by atoms with E-state index in [1.165, 1.54) is 16.4 Å². The van der Waals surface area contributed by atoms with Gasteiger partial charge < -0.3 is 4.74 Å². The molecule has 30 heavy (non-hydrogen) atoms. The molecular weight excluding hydrogens is 382 g/mol. The van der Waals surface area contributed by atoms with Gasteiger partial charge in [0.15, 0.2) is 5.69 Å². The van der Waals surface area contributed by atoms with E-state index in [9.17, 15) is 9.59 Å². The molecule has 150 valence electrons. The van der Waals surface area contributed by atoms with Crippen molar-refractivity contribution in [1.82, 2.24) is 24.8 Å². The van der Waals surface area contributed by atoms with Crippen molar-refractivity contribution < 1.29 is 14.3 Å². The quantitative estimate of drug-likeness (QED) is 0.377. The highest BCUT2D eigenvalue weighted by atomic mass is 16.5. The van der Waals surface area contributed by atoms with Crippen LogP contribution in [-0.2, 0) is 4.79 Å². The van der Waals surface area contributed by atoms with Gasteiger partial charge in [-0.2, -0.15) is 19.7 Å². The van der Waals surface area contributed by atoms with Crippen molar-refractivity contribution in [2.75, 3.05) is 0 Å². The van der Waals surface area contributed by atoms with E-state index < -0.39 is 11.8 Å². The number of ketones is 1. The van der Waals surface area contributed by atoms with Crippen molar-refractivity contribution in [3.05, 3.63) is 83.3 Å². The van der Waals surface area contributed by atoms with Crippen LogP contribution in [0.25, 0.3) is 11.4 Å². The van der Waals surface area contributed by atoms with Gasteiger partial charge in [-0.25, -0.2) is 0 Å². The molecule has 0 aliphatic carbocycles. The van der Waals surface area contributed by atoms with Gasteiger partial charge in [-0.1, -0.05) is 36.4 Å². The van der Waals surface area contributed by atoms with Gasteiger partial charge in [-0.05, 0) is 38.1 Å². The van der Waals surface area contributed by atoms with E-state index in [4.69, 9.17) is 4.74 Å². The molecule has 0 aliphatic rings. The SMILES string of the molecule is CC(=O)Oc1c(C(=O)c2nn(-c3ccccc3)nc2C)c(C)nn1-c1ccccc1. The van der Waals surface area contributed by atoms with Crippen LogP contribution in [0.5, 0.6) is 5.88 Å². The van der Waals surface area contributed by atoms with E-state index in [0.717, 1.165) is 5.69 Å². The summed E-state index contributed by atoms with van der Waals surface area (Å²) in [5.74, 6) is -0.902. The third-order valence-electron chi connectivity index (χ3n) is 4.47. The Balaban J connectivity index is 1.83. The van der Waals surface area contributed by atoms with Crippen LogP contribution in [-0.4, -0.2) is 36.5 Å². The van der Waals surface area contributed by atoms with E-state index in [0.29, 0.717) is 17.1 Å². The van der Waals surface area contributed by atoms with E-state index in [2.05, 4.69) is 15.3 Å². The fourth-order valence-electron chi connectivity index (χ4n) is 3.13. The molecule has 0 aliphatic heterocycles. The van der Waals surface area contributed by atoms with Crippen LogP contribution in [0, 0.1) is 13.8 Å². The Labute approximate surface area is 172 Å². The molecule has 4 rings (SSSR count). The maximum absolute atomic E-state index is 13.4. The van der Waals surface area contributed by atoms with Crippen molar-refractivity contribution in [2.45, 2.75) is 20.8 Å². The first-order valence-electron chi connectivity index (χ1n) is 9.33. The Morgan fingerprint density at radius 3 is 2.00 bits per heavy atom. The summed E-state index contributed by atoms with van der Waals surface area (Å²) in [6.45, 7) is 4.68. The number of benzene rings is 2. The third-order valence-corrected chi connectivity index (χ3v) is 4.47. The molecule has 0 amide bonds. The molecule has 8 heteroatoms.